The molecule has 148 valence electrons. The van der Waals surface area contributed by atoms with E-state index < -0.39 is 11.9 Å². The molecular weight excluding hydrogens is 342 g/mol. The first kappa shape index (κ1) is 19.7. The van der Waals surface area contributed by atoms with Crippen molar-refractivity contribution in [2.24, 2.45) is 11.8 Å². The molecule has 6 heteroatoms. The molecule has 27 heavy (non-hydrogen) atoms. The number of aliphatic carboxylic acids is 1. The lowest BCUT2D eigenvalue weighted by atomic mass is 9.91. The molecule has 2 N–H and O–H groups in total. The highest BCUT2D eigenvalue weighted by Crippen LogP contribution is 2.26. The molecule has 0 saturated carbocycles. The molecule has 2 aliphatic heterocycles. The summed E-state index contributed by atoms with van der Waals surface area (Å²) < 4.78 is 0. The van der Waals surface area contributed by atoms with E-state index in [4.69, 9.17) is 0 Å². The second kappa shape index (κ2) is 8.74. The number of aryl methyl sites for hydroxylation is 1. The Hall–Kier alpha value is -2.08. The zero-order valence-electron chi connectivity index (χ0n) is 16.4. The molecule has 3 unspecified atom stereocenters. The monoisotopic (exact) mass is 373 g/mol. The lowest BCUT2D eigenvalue weighted by molar-refractivity contribution is -0.143. The van der Waals surface area contributed by atoms with Crippen LogP contribution < -0.4 is 5.32 Å². The van der Waals surface area contributed by atoms with Crippen LogP contribution in [0, 0.1) is 18.8 Å². The van der Waals surface area contributed by atoms with E-state index in [2.05, 4.69) is 41.4 Å². The van der Waals surface area contributed by atoms with Gasteiger partial charge in [0.1, 0.15) is 0 Å². The third kappa shape index (κ3) is 5.01. The molecule has 2 aliphatic rings. The summed E-state index contributed by atoms with van der Waals surface area (Å²) in [7, 11) is 0. The van der Waals surface area contributed by atoms with E-state index in [1.54, 1.807) is 4.90 Å². The SMILES string of the molecule is Cc1ccc(C(CNC(=O)N2CC(C)CC(C(=O)O)C2)N2CCCC2)cc1. The molecule has 2 heterocycles. The molecule has 0 aromatic heterocycles. The fourth-order valence-corrected chi connectivity index (χ4v) is 4.29. The van der Waals surface area contributed by atoms with Crippen molar-refractivity contribution in [2.75, 3.05) is 32.7 Å². The highest BCUT2D eigenvalue weighted by Gasteiger charge is 2.32. The van der Waals surface area contributed by atoms with Gasteiger partial charge in [-0.15, -0.1) is 0 Å². The number of carbonyl (C=O) groups is 2. The minimum Gasteiger partial charge on any atom is -0.481 e. The smallest absolute Gasteiger partial charge is 0.317 e. The summed E-state index contributed by atoms with van der Waals surface area (Å²) in [6.45, 7) is 7.65. The van der Waals surface area contributed by atoms with Crippen LogP contribution in [0.2, 0.25) is 0 Å². The van der Waals surface area contributed by atoms with Crippen LogP contribution in [0.3, 0.4) is 0 Å². The summed E-state index contributed by atoms with van der Waals surface area (Å²) in [4.78, 5) is 28.2. The van der Waals surface area contributed by atoms with Gasteiger partial charge in [-0.3, -0.25) is 9.69 Å². The van der Waals surface area contributed by atoms with Gasteiger partial charge in [0.15, 0.2) is 0 Å². The van der Waals surface area contributed by atoms with Gasteiger partial charge in [-0.2, -0.15) is 0 Å². The number of carbonyl (C=O) groups excluding carboxylic acids is 1. The molecule has 2 saturated heterocycles. The highest BCUT2D eigenvalue weighted by molar-refractivity contribution is 5.76. The Morgan fingerprint density at radius 2 is 1.85 bits per heavy atom. The van der Waals surface area contributed by atoms with Crippen molar-refractivity contribution in [1.82, 2.24) is 15.1 Å². The Balaban J connectivity index is 1.64. The molecule has 0 bridgehead atoms. The zero-order valence-corrected chi connectivity index (χ0v) is 16.4. The maximum absolute atomic E-state index is 12.7. The van der Waals surface area contributed by atoms with Crippen molar-refractivity contribution in [3.63, 3.8) is 0 Å². The summed E-state index contributed by atoms with van der Waals surface area (Å²) in [6, 6.07) is 8.54. The van der Waals surface area contributed by atoms with Gasteiger partial charge in [-0.25, -0.2) is 4.79 Å². The van der Waals surface area contributed by atoms with E-state index in [0.717, 1.165) is 13.1 Å². The largest absolute Gasteiger partial charge is 0.481 e. The molecule has 0 spiro atoms. The van der Waals surface area contributed by atoms with Crippen LogP contribution in [-0.2, 0) is 4.79 Å². The lowest BCUT2D eigenvalue weighted by Crippen LogP contribution is -2.50. The quantitative estimate of drug-likeness (QED) is 0.832. The molecule has 0 radical (unpaired) electrons. The highest BCUT2D eigenvalue weighted by atomic mass is 16.4. The number of hydrogen-bond donors (Lipinski definition) is 2. The first-order valence-corrected chi connectivity index (χ1v) is 10.00. The first-order chi connectivity index (χ1) is 12.9. The van der Waals surface area contributed by atoms with Crippen LogP contribution >= 0.6 is 0 Å². The van der Waals surface area contributed by atoms with Gasteiger partial charge in [0, 0.05) is 19.6 Å². The van der Waals surface area contributed by atoms with Crippen LogP contribution in [0.25, 0.3) is 0 Å². The van der Waals surface area contributed by atoms with Crippen molar-refractivity contribution in [1.29, 1.82) is 0 Å². The van der Waals surface area contributed by atoms with E-state index in [1.807, 2.05) is 6.92 Å². The predicted octanol–water partition coefficient (Wildman–Crippen LogP) is 2.88. The van der Waals surface area contributed by atoms with Crippen LogP contribution in [0.4, 0.5) is 4.79 Å². The van der Waals surface area contributed by atoms with Gasteiger partial charge in [0.2, 0.25) is 0 Å². The third-order valence-corrected chi connectivity index (χ3v) is 5.79. The summed E-state index contributed by atoms with van der Waals surface area (Å²) in [5.74, 6) is -1.07. The number of rotatable bonds is 5. The van der Waals surface area contributed by atoms with E-state index in [9.17, 15) is 14.7 Å². The maximum atomic E-state index is 12.7. The molecular formula is C21H31N3O3. The van der Waals surface area contributed by atoms with Crippen molar-refractivity contribution in [3.05, 3.63) is 35.4 Å². The fraction of sp³-hybridized carbons (Fsp3) is 0.619. The van der Waals surface area contributed by atoms with Crippen molar-refractivity contribution in [2.45, 2.75) is 39.2 Å². The van der Waals surface area contributed by atoms with Crippen molar-refractivity contribution in [3.8, 4) is 0 Å². The second-order valence-corrected chi connectivity index (χ2v) is 8.14. The molecule has 2 fully saturated rings. The molecule has 1 aromatic rings. The fourth-order valence-electron chi connectivity index (χ4n) is 4.29. The standard InChI is InChI=1S/C21H31N3O3/c1-15-5-7-17(8-6-15)19(23-9-3-4-10-23)12-22-21(27)24-13-16(2)11-18(14-24)20(25)26/h5-8,16,18-19H,3-4,9-14H2,1-2H3,(H,22,27)(H,25,26). The number of likely N-dealkylation sites (tertiary alicyclic amines) is 2. The predicted molar refractivity (Wildman–Crippen MR) is 105 cm³/mol. The number of nitrogens with one attached hydrogen (secondary N) is 1. The van der Waals surface area contributed by atoms with Crippen LogP contribution in [0.1, 0.15) is 43.4 Å². The Labute approximate surface area is 161 Å². The average Bonchev–Trinajstić information content (AvgIpc) is 3.17. The van der Waals surface area contributed by atoms with Gasteiger partial charge in [0.25, 0.3) is 0 Å². The van der Waals surface area contributed by atoms with E-state index in [-0.39, 0.29) is 18.0 Å². The molecule has 0 aliphatic carbocycles. The van der Waals surface area contributed by atoms with E-state index in [0.29, 0.717) is 26.1 Å². The van der Waals surface area contributed by atoms with Gasteiger partial charge in [0.05, 0.1) is 12.0 Å². The Kier molecular flexibility index (Phi) is 6.37. The molecule has 2 amide bonds. The van der Waals surface area contributed by atoms with Crippen molar-refractivity contribution >= 4 is 12.0 Å². The number of hydrogen-bond acceptors (Lipinski definition) is 3. The Morgan fingerprint density at radius 1 is 1.19 bits per heavy atom. The van der Waals surface area contributed by atoms with Crippen LogP contribution in [0.5, 0.6) is 0 Å². The Morgan fingerprint density at radius 3 is 2.48 bits per heavy atom. The second-order valence-electron chi connectivity index (χ2n) is 8.14. The van der Waals surface area contributed by atoms with Crippen molar-refractivity contribution < 1.29 is 14.7 Å². The summed E-state index contributed by atoms with van der Waals surface area (Å²) in [5, 5.41) is 12.4. The third-order valence-electron chi connectivity index (χ3n) is 5.79. The molecule has 6 nitrogen and oxygen atoms in total. The summed E-state index contributed by atoms with van der Waals surface area (Å²) >= 11 is 0. The lowest BCUT2D eigenvalue weighted by Gasteiger charge is -2.35. The molecule has 3 rings (SSSR count). The zero-order chi connectivity index (χ0) is 19.4. The Bertz CT molecular complexity index is 655. The maximum Gasteiger partial charge on any atom is 0.317 e. The van der Waals surface area contributed by atoms with Gasteiger partial charge >= 0.3 is 12.0 Å². The normalized spacial score (nSPS) is 24.6. The number of carboxylic acids is 1. The number of piperidine rings is 1. The topological polar surface area (TPSA) is 72.9 Å². The van der Waals surface area contributed by atoms with Crippen LogP contribution in [0.15, 0.2) is 24.3 Å². The number of amides is 2. The summed E-state index contributed by atoms with van der Waals surface area (Å²) in [6.07, 6.45) is 3.03. The molecule has 3 atom stereocenters. The minimum absolute atomic E-state index is 0.149. The first-order valence-electron chi connectivity index (χ1n) is 10.00. The van der Waals surface area contributed by atoms with Gasteiger partial charge in [-0.05, 0) is 50.8 Å². The minimum atomic E-state index is -0.811. The van der Waals surface area contributed by atoms with Gasteiger partial charge in [-0.1, -0.05) is 36.8 Å². The average molecular weight is 373 g/mol. The number of carboxylic acid groups (broad SMARTS) is 1. The number of benzene rings is 1. The van der Waals surface area contributed by atoms with E-state index >= 15 is 0 Å². The van der Waals surface area contributed by atoms with Gasteiger partial charge < -0.3 is 15.3 Å². The number of nitrogens with zero attached hydrogens (tertiary/aromatic N) is 2. The van der Waals surface area contributed by atoms with E-state index in [1.165, 1.54) is 24.0 Å². The summed E-state index contributed by atoms with van der Waals surface area (Å²) in [5.41, 5.74) is 2.45. The van der Waals surface area contributed by atoms with Crippen LogP contribution in [-0.4, -0.2) is 59.6 Å². The number of urea groups is 1. The molecule has 1 aromatic carbocycles.